The number of guanidine groups is 2. The summed E-state index contributed by atoms with van der Waals surface area (Å²) in [5.74, 6) is -7.47. The number of nitrogens with two attached hydrogens (primary N) is 3. The number of nitrogens with zero attached hydrogens (tertiary/aromatic N) is 2. The number of aldehydes is 1. The van der Waals surface area contributed by atoms with Crippen LogP contribution in [0, 0.1) is 10.8 Å². The second-order valence-corrected chi connectivity index (χ2v) is 28.6. The summed E-state index contributed by atoms with van der Waals surface area (Å²) < 4.78 is 0. The number of unbranched alkanes of at least 4 members (excludes halogenated alkanes) is 6. The van der Waals surface area contributed by atoms with Gasteiger partial charge in [-0.25, -0.2) is 0 Å². The number of aromatic hydroxyl groups is 2. The number of amides is 11. The van der Waals surface area contributed by atoms with Gasteiger partial charge in [-0.2, -0.15) is 0 Å². The number of hydrogen-bond donors (Lipinski definition) is 18. The third-order valence-electron chi connectivity index (χ3n) is 19.7. The summed E-state index contributed by atoms with van der Waals surface area (Å²) >= 11 is 0. The molecule has 32 heteroatoms. The van der Waals surface area contributed by atoms with E-state index in [0.29, 0.717) is 80.2 Å². The van der Waals surface area contributed by atoms with Crippen LogP contribution in [0.1, 0.15) is 126 Å². The van der Waals surface area contributed by atoms with Crippen LogP contribution in [0.4, 0.5) is 0 Å². The molecule has 1 saturated heterocycles. The van der Waals surface area contributed by atoms with Crippen LogP contribution in [0.5, 0.6) is 11.5 Å². The van der Waals surface area contributed by atoms with E-state index in [4.69, 9.17) is 28.0 Å². The Hall–Kier alpha value is -12.2. The van der Waals surface area contributed by atoms with Gasteiger partial charge in [0.15, 0.2) is 11.9 Å². The third-order valence-corrected chi connectivity index (χ3v) is 19.7. The molecule has 0 radical (unpaired) electrons. The van der Waals surface area contributed by atoms with Crippen molar-refractivity contribution in [3.05, 3.63) is 156 Å². The number of phenols is 2. The molecule has 32 nitrogen and oxygen atoms in total. The van der Waals surface area contributed by atoms with Crippen molar-refractivity contribution < 1.29 is 67.7 Å². The summed E-state index contributed by atoms with van der Waals surface area (Å²) in [6.45, 7) is 3.32. The lowest BCUT2D eigenvalue weighted by atomic mass is 10.00. The summed E-state index contributed by atoms with van der Waals surface area (Å²) in [6.07, 6.45) is 5.71. The van der Waals surface area contributed by atoms with Gasteiger partial charge >= 0.3 is 0 Å². The molecule has 0 aliphatic carbocycles. The Balaban J connectivity index is 0.896. The number of phenolic OH excluding ortho intramolecular Hbond substituents is 2. The summed E-state index contributed by atoms with van der Waals surface area (Å²) in [7, 11) is 0. The van der Waals surface area contributed by atoms with Crippen LogP contribution in [-0.2, 0) is 83.2 Å². The molecule has 6 aromatic carbocycles. The van der Waals surface area contributed by atoms with Crippen molar-refractivity contribution in [2.45, 2.75) is 178 Å². The van der Waals surface area contributed by atoms with E-state index in [9.17, 15) is 67.7 Å². The van der Waals surface area contributed by atoms with Crippen molar-refractivity contribution in [2.75, 3.05) is 52.4 Å². The molecule has 612 valence electrons. The fourth-order valence-electron chi connectivity index (χ4n) is 13.4. The highest BCUT2D eigenvalue weighted by atomic mass is 16.3. The van der Waals surface area contributed by atoms with Gasteiger partial charge in [0.2, 0.25) is 65.0 Å². The summed E-state index contributed by atoms with van der Waals surface area (Å²) in [4.78, 5) is 168. The van der Waals surface area contributed by atoms with Gasteiger partial charge in [0.25, 0.3) is 0 Å². The van der Waals surface area contributed by atoms with Gasteiger partial charge in [-0.3, -0.25) is 68.5 Å². The molecule has 11 amide bonds. The van der Waals surface area contributed by atoms with Crippen LogP contribution >= 0.6 is 0 Å². The normalized spacial score (nSPS) is 16.6. The van der Waals surface area contributed by atoms with Crippen molar-refractivity contribution in [1.82, 2.24) is 68.3 Å². The maximum absolute atomic E-state index is 14.9. The average molecular weight is 1570 g/mol. The molecule has 0 spiro atoms. The molecular weight excluding hydrogens is 1460 g/mol. The predicted molar refractivity (Wildman–Crippen MR) is 431 cm³/mol. The zero-order chi connectivity index (χ0) is 82.5. The molecule has 114 heavy (non-hydrogen) atoms. The van der Waals surface area contributed by atoms with Crippen LogP contribution < -0.4 is 75.7 Å². The van der Waals surface area contributed by atoms with Gasteiger partial charge in [-0.05, 0) is 146 Å². The van der Waals surface area contributed by atoms with Crippen LogP contribution in [0.15, 0.2) is 133 Å². The number of carbonyl (C=O) groups is 12. The first-order valence-corrected chi connectivity index (χ1v) is 38.8. The first-order chi connectivity index (χ1) is 54.7. The van der Waals surface area contributed by atoms with Crippen LogP contribution in [0.3, 0.4) is 0 Å². The van der Waals surface area contributed by atoms with E-state index in [1.807, 2.05) is 84.9 Å². The second-order valence-electron chi connectivity index (χ2n) is 28.6. The smallest absolute Gasteiger partial charge is 0.246 e. The molecule has 1 aliphatic heterocycles. The molecule has 8 unspecified atom stereocenters. The Kier molecular flexibility index (Phi) is 36.4. The lowest BCUT2D eigenvalue weighted by Gasteiger charge is -2.34. The van der Waals surface area contributed by atoms with Crippen molar-refractivity contribution in [3.63, 3.8) is 0 Å². The average Bonchev–Trinajstić information content (AvgIpc) is 0.998. The molecular formula is C82H110N18O14. The summed E-state index contributed by atoms with van der Waals surface area (Å²) in [6, 6.07) is 29.7. The van der Waals surface area contributed by atoms with E-state index < -0.39 is 115 Å². The van der Waals surface area contributed by atoms with Gasteiger partial charge in [0, 0.05) is 64.8 Å². The van der Waals surface area contributed by atoms with E-state index in [1.54, 1.807) is 36.1 Å². The molecule has 1 aliphatic rings. The van der Waals surface area contributed by atoms with Gasteiger partial charge in [-0.1, -0.05) is 135 Å². The topological polar surface area (TPSA) is 510 Å². The number of benzene rings is 6. The first kappa shape index (κ1) is 89.0. The minimum absolute atomic E-state index is 0.0126. The minimum atomic E-state index is -1.26. The fraction of sp³-hybridized carbons (Fsp3) is 0.439. The van der Waals surface area contributed by atoms with E-state index in [2.05, 4.69) is 58.5 Å². The van der Waals surface area contributed by atoms with E-state index in [0.717, 1.165) is 27.8 Å². The fourth-order valence-corrected chi connectivity index (χ4v) is 13.4. The van der Waals surface area contributed by atoms with Gasteiger partial charge in [0.05, 0.1) is 25.2 Å². The van der Waals surface area contributed by atoms with Crippen LogP contribution in [0.25, 0.3) is 21.5 Å². The number of carbonyl (C=O) groups excluding carboxylic acids is 12. The van der Waals surface area contributed by atoms with E-state index >= 15 is 0 Å². The molecule has 6 aromatic rings. The number of primary amides is 1. The van der Waals surface area contributed by atoms with Gasteiger partial charge in [-0.15, -0.1) is 0 Å². The largest absolute Gasteiger partial charge is 0.508 e. The standard InChI is InChI=1S/C82H110N18O14/c1-52(74(108)95-65(21-15-39-90-81(84)85)78(112)97-67(76(110)92-49-70(83)104)47-56-23-29-58-17-7-9-19-60(58)43-56)99(62(51-101)45-54-25-31-63(102)32-26-54)41-13-5-3-11-37-88-71(105)35-36-72(106)89-38-12-4-6-14-42-100-53(2)75(109)96-66(22-16-40-91-82(86)87)79(113)98-68(48-57-24-30-59-18-8-10-20-61(59)44-57)77(111)93-50-73(107)94-69(80(100)114)46-55-27-33-64(103)34-28-55/h7-10,17-20,23-34,43-44,51-53,62,65-69,102-103H,3-6,11-16,21-22,35-42,45-50H2,1-2H3,(H2,83,104)(H,88,105)(H,89,106)(H,92,110)(H,93,111)(H,94,107)(H,95,108)(H,96,109)(H,97,112)(H,98,113)(H4,84,85,90)(H4,86,87,91). The predicted octanol–water partition coefficient (Wildman–Crippen LogP) is 1.97. The summed E-state index contributed by atoms with van der Waals surface area (Å²) in [5.41, 5.74) is 19.1. The molecule has 0 saturated carbocycles. The van der Waals surface area contributed by atoms with Crippen molar-refractivity contribution in [1.29, 1.82) is 10.8 Å². The van der Waals surface area contributed by atoms with Gasteiger partial charge in [0.1, 0.15) is 54.0 Å². The van der Waals surface area contributed by atoms with Crippen molar-refractivity contribution in [3.8, 4) is 11.5 Å². The lowest BCUT2D eigenvalue weighted by molar-refractivity contribution is -0.143. The first-order valence-electron chi connectivity index (χ1n) is 38.8. The van der Waals surface area contributed by atoms with Gasteiger partial charge < -0.3 is 95.6 Å². The number of fused-ring (bicyclic) bond motifs is 2. The molecule has 0 aromatic heterocycles. The minimum Gasteiger partial charge on any atom is -0.508 e. The maximum atomic E-state index is 14.9. The third kappa shape index (κ3) is 30.5. The second kappa shape index (κ2) is 46.6. The highest BCUT2D eigenvalue weighted by Crippen LogP contribution is 2.23. The molecule has 0 bridgehead atoms. The molecule has 21 N–H and O–H groups in total. The number of nitrogens with one attached hydrogen (secondary N) is 13. The monoisotopic (exact) mass is 1570 g/mol. The molecule has 7 rings (SSSR count). The zero-order valence-corrected chi connectivity index (χ0v) is 64.7. The molecule has 8 atom stereocenters. The zero-order valence-electron chi connectivity index (χ0n) is 64.7. The molecule has 1 fully saturated rings. The Morgan fingerprint density at radius 3 is 1.65 bits per heavy atom. The van der Waals surface area contributed by atoms with Crippen LogP contribution in [0.2, 0.25) is 0 Å². The summed E-state index contributed by atoms with van der Waals surface area (Å²) in [5, 5.41) is 69.3. The Morgan fingerprint density at radius 2 is 1.05 bits per heavy atom. The van der Waals surface area contributed by atoms with Crippen molar-refractivity contribution >= 4 is 105 Å². The highest BCUT2D eigenvalue weighted by Gasteiger charge is 2.37. The number of hydrogen-bond acceptors (Lipinski definition) is 17. The Morgan fingerprint density at radius 1 is 0.535 bits per heavy atom. The SMILES string of the molecule is CC1C(=O)NC(CCCNC(=N)N)C(=O)NC(Cc2ccc3ccccc3c2)C(=O)NCC(=O)NC(Cc2ccc(O)cc2)C(=O)N1CCCCCCNC(=O)CCC(=O)NCCCCCCN(C(C=O)Cc1ccc(O)cc1)C(C)C(=O)NC(CCCNC(=N)N)C(=O)NC(Cc1ccc2ccccc2c1)C(=O)NCC(N)=O. The lowest BCUT2D eigenvalue weighted by Crippen LogP contribution is -2.58. The van der Waals surface area contributed by atoms with Crippen LogP contribution in [-0.4, -0.2) is 204 Å². The Bertz CT molecular complexity index is 4280. The van der Waals surface area contributed by atoms with E-state index in [1.165, 1.54) is 36.1 Å². The quantitative estimate of drug-likeness (QED) is 0.0113. The van der Waals surface area contributed by atoms with Crippen molar-refractivity contribution in [2.24, 2.45) is 17.2 Å². The maximum Gasteiger partial charge on any atom is 0.246 e. The number of rotatable bonds is 43. The molecule has 1 heterocycles. The highest BCUT2D eigenvalue weighted by molar-refractivity contribution is 5.98. The van der Waals surface area contributed by atoms with E-state index in [-0.39, 0.29) is 132 Å². The Labute approximate surface area is 663 Å².